The van der Waals surface area contributed by atoms with E-state index in [0.29, 0.717) is 13.2 Å². The maximum absolute atomic E-state index is 5.87. The van der Waals surface area contributed by atoms with Crippen molar-refractivity contribution < 1.29 is 9.47 Å². The van der Waals surface area contributed by atoms with Crippen LogP contribution in [0.1, 0.15) is 11.1 Å². The van der Waals surface area contributed by atoms with Crippen LogP contribution in [0.5, 0.6) is 11.5 Å². The molecule has 0 unspecified atom stereocenters. The monoisotopic (exact) mass is 446 g/mol. The second-order valence-electron chi connectivity index (χ2n) is 6.59. The molecule has 2 nitrogen and oxygen atoms in total. The summed E-state index contributed by atoms with van der Waals surface area (Å²) in [6, 6.07) is 37.3. The molecule has 0 aromatic heterocycles. The molecular formula is C26H22O2Se. The van der Waals surface area contributed by atoms with Gasteiger partial charge in [0, 0.05) is 0 Å². The third-order valence-corrected chi connectivity index (χ3v) is 6.51. The molecule has 0 aliphatic heterocycles. The van der Waals surface area contributed by atoms with E-state index in [4.69, 9.17) is 9.47 Å². The Hall–Kier alpha value is -3.00. The molecule has 0 spiro atoms. The van der Waals surface area contributed by atoms with Gasteiger partial charge < -0.3 is 0 Å². The van der Waals surface area contributed by atoms with Gasteiger partial charge in [0.05, 0.1) is 0 Å². The predicted octanol–water partition coefficient (Wildman–Crippen LogP) is 4.50. The normalized spacial score (nSPS) is 10.5. The van der Waals surface area contributed by atoms with Crippen LogP contribution in [0.2, 0.25) is 0 Å². The predicted molar refractivity (Wildman–Crippen MR) is 119 cm³/mol. The standard InChI is InChI=1S/C26H22O2Se/c1-3-7-21(8-4-1)19-27-23-11-15-25(16-12-23)29-26-17-13-24(14-18-26)28-20-22-9-5-2-6-10-22/h1-18H,19-20H2. The summed E-state index contributed by atoms with van der Waals surface area (Å²) in [4.78, 5) is 0. The fourth-order valence-electron chi connectivity index (χ4n) is 2.83. The van der Waals surface area contributed by atoms with Gasteiger partial charge in [-0.1, -0.05) is 0 Å². The summed E-state index contributed by atoms with van der Waals surface area (Å²) in [5, 5.41) is 0. The van der Waals surface area contributed by atoms with Crippen molar-refractivity contribution >= 4 is 23.9 Å². The zero-order chi connectivity index (χ0) is 19.7. The molecule has 4 aromatic rings. The Morgan fingerprint density at radius 2 is 0.828 bits per heavy atom. The van der Waals surface area contributed by atoms with E-state index in [-0.39, 0.29) is 15.0 Å². The molecule has 0 atom stereocenters. The Morgan fingerprint density at radius 1 is 0.448 bits per heavy atom. The van der Waals surface area contributed by atoms with Gasteiger partial charge in [-0.05, 0) is 0 Å². The van der Waals surface area contributed by atoms with Gasteiger partial charge >= 0.3 is 178 Å². The van der Waals surface area contributed by atoms with Gasteiger partial charge in [-0.2, -0.15) is 0 Å². The van der Waals surface area contributed by atoms with Crippen molar-refractivity contribution in [3.63, 3.8) is 0 Å². The SMILES string of the molecule is c1ccc(COc2ccc([Se]c3ccc(OCc4ccccc4)cc3)cc2)cc1. The summed E-state index contributed by atoms with van der Waals surface area (Å²) < 4.78 is 14.4. The van der Waals surface area contributed by atoms with E-state index in [1.165, 1.54) is 20.1 Å². The maximum atomic E-state index is 5.87. The van der Waals surface area contributed by atoms with E-state index in [9.17, 15) is 0 Å². The fourth-order valence-corrected chi connectivity index (χ4v) is 4.54. The molecule has 29 heavy (non-hydrogen) atoms. The average molecular weight is 445 g/mol. The fraction of sp³-hybridized carbons (Fsp3) is 0.0769. The van der Waals surface area contributed by atoms with Gasteiger partial charge in [-0.25, -0.2) is 0 Å². The molecule has 0 saturated carbocycles. The second-order valence-corrected chi connectivity index (χ2v) is 9.00. The molecule has 0 fully saturated rings. The topological polar surface area (TPSA) is 18.5 Å². The van der Waals surface area contributed by atoms with Crippen LogP contribution in [0.15, 0.2) is 109 Å². The van der Waals surface area contributed by atoms with Crippen molar-refractivity contribution in [1.29, 1.82) is 0 Å². The van der Waals surface area contributed by atoms with E-state index in [2.05, 4.69) is 72.8 Å². The van der Waals surface area contributed by atoms with E-state index >= 15 is 0 Å². The van der Waals surface area contributed by atoms with Gasteiger partial charge in [0.25, 0.3) is 0 Å². The summed E-state index contributed by atoms with van der Waals surface area (Å²) in [6.07, 6.45) is 0. The van der Waals surface area contributed by atoms with Crippen LogP contribution >= 0.6 is 0 Å². The van der Waals surface area contributed by atoms with Crippen LogP contribution in [0.4, 0.5) is 0 Å². The van der Waals surface area contributed by atoms with Gasteiger partial charge in [0.2, 0.25) is 0 Å². The Bertz CT molecular complexity index is 913. The number of hydrogen-bond acceptors (Lipinski definition) is 2. The van der Waals surface area contributed by atoms with E-state index in [0.717, 1.165) is 11.5 Å². The number of benzene rings is 4. The van der Waals surface area contributed by atoms with Crippen molar-refractivity contribution in [2.75, 3.05) is 0 Å². The van der Waals surface area contributed by atoms with Crippen molar-refractivity contribution in [2.24, 2.45) is 0 Å². The summed E-state index contributed by atoms with van der Waals surface area (Å²) >= 11 is 0.260. The van der Waals surface area contributed by atoms with E-state index < -0.39 is 0 Å². The first-order chi connectivity index (χ1) is 14.3. The molecule has 0 amide bonds. The van der Waals surface area contributed by atoms with Crippen LogP contribution in [0.3, 0.4) is 0 Å². The minimum atomic E-state index is 0.260. The summed E-state index contributed by atoms with van der Waals surface area (Å²) in [5.74, 6) is 1.80. The number of hydrogen-bond donors (Lipinski definition) is 0. The molecule has 0 heterocycles. The van der Waals surface area contributed by atoms with Gasteiger partial charge in [0.15, 0.2) is 0 Å². The molecule has 0 radical (unpaired) electrons. The number of ether oxygens (including phenoxy) is 2. The Kier molecular flexibility index (Phi) is 6.64. The molecule has 0 bridgehead atoms. The zero-order valence-corrected chi connectivity index (χ0v) is 17.7. The third-order valence-electron chi connectivity index (χ3n) is 4.38. The molecule has 0 aliphatic carbocycles. The van der Waals surface area contributed by atoms with Crippen molar-refractivity contribution in [2.45, 2.75) is 13.2 Å². The summed E-state index contributed by atoms with van der Waals surface area (Å²) in [7, 11) is 0. The summed E-state index contributed by atoms with van der Waals surface area (Å²) in [6.45, 7) is 1.19. The molecule has 4 rings (SSSR count). The molecule has 3 heteroatoms. The van der Waals surface area contributed by atoms with Crippen LogP contribution in [0, 0.1) is 0 Å². The molecule has 0 aliphatic rings. The summed E-state index contributed by atoms with van der Waals surface area (Å²) in [5.41, 5.74) is 2.35. The molecule has 0 N–H and O–H groups in total. The first-order valence-corrected chi connectivity index (χ1v) is 11.3. The van der Waals surface area contributed by atoms with Gasteiger partial charge in [-0.3, -0.25) is 0 Å². The molecule has 144 valence electrons. The minimum absolute atomic E-state index is 0.260. The first kappa shape index (κ1) is 19.3. The van der Waals surface area contributed by atoms with Crippen LogP contribution < -0.4 is 18.4 Å². The zero-order valence-electron chi connectivity index (χ0n) is 16.0. The van der Waals surface area contributed by atoms with Crippen LogP contribution in [-0.2, 0) is 13.2 Å². The molecular weight excluding hydrogens is 423 g/mol. The van der Waals surface area contributed by atoms with E-state index in [1.807, 2.05) is 36.4 Å². The van der Waals surface area contributed by atoms with Gasteiger partial charge in [0.1, 0.15) is 0 Å². The van der Waals surface area contributed by atoms with Crippen molar-refractivity contribution in [3.05, 3.63) is 120 Å². The van der Waals surface area contributed by atoms with E-state index in [1.54, 1.807) is 0 Å². The Morgan fingerprint density at radius 3 is 1.21 bits per heavy atom. The van der Waals surface area contributed by atoms with Crippen molar-refractivity contribution in [1.82, 2.24) is 0 Å². The average Bonchev–Trinajstić information content (AvgIpc) is 2.80. The second kappa shape index (κ2) is 9.97. The number of rotatable bonds is 8. The third kappa shape index (κ3) is 5.99. The Balaban J connectivity index is 1.28. The van der Waals surface area contributed by atoms with Gasteiger partial charge in [-0.15, -0.1) is 0 Å². The van der Waals surface area contributed by atoms with Crippen molar-refractivity contribution in [3.8, 4) is 11.5 Å². The van der Waals surface area contributed by atoms with Crippen LogP contribution in [0.25, 0.3) is 0 Å². The first-order valence-electron chi connectivity index (χ1n) is 9.57. The molecule has 4 aromatic carbocycles. The Labute approximate surface area is 178 Å². The van der Waals surface area contributed by atoms with Crippen LogP contribution in [-0.4, -0.2) is 15.0 Å². The molecule has 0 saturated heterocycles. The quantitative estimate of drug-likeness (QED) is 0.372.